The predicted octanol–water partition coefficient (Wildman–Crippen LogP) is -1.37. The number of aliphatic hydroxyl groups is 1. The average Bonchev–Trinajstić information content (AvgIpc) is 2.87. The van der Waals surface area contributed by atoms with Gasteiger partial charge in [0.15, 0.2) is 4.60 Å². The van der Waals surface area contributed by atoms with Crippen molar-refractivity contribution in [2.75, 3.05) is 6.54 Å². The highest BCUT2D eigenvalue weighted by molar-refractivity contribution is 7.89. The maximum atomic E-state index is 11.9. The van der Waals surface area contributed by atoms with Crippen LogP contribution in [0.3, 0.4) is 0 Å². The third-order valence-electron chi connectivity index (χ3n) is 3.04. The van der Waals surface area contributed by atoms with Crippen LogP contribution in [-0.2, 0) is 23.1 Å². The van der Waals surface area contributed by atoms with Gasteiger partial charge in [-0.1, -0.05) is 21.9 Å². The van der Waals surface area contributed by atoms with Crippen LogP contribution in [0, 0.1) is 4.91 Å². The van der Waals surface area contributed by atoms with E-state index in [2.05, 4.69) is 15.1 Å². The van der Waals surface area contributed by atoms with Gasteiger partial charge < -0.3 is 10.4 Å². The molecule has 1 aromatic heterocycles. The monoisotopic (exact) mass is 343 g/mol. The lowest BCUT2D eigenvalue weighted by atomic mass is 10.1. The Kier molecular flexibility index (Phi) is 4.93. The van der Waals surface area contributed by atoms with Crippen molar-refractivity contribution in [1.82, 2.24) is 10.5 Å². The van der Waals surface area contributed by atoms with Crippen molar-refractivity contribution in [1.29, 1.82) is 0 Å². The van der Waals surface area contributed by atoms with E-state index in [4.69, 9.17) is 10.2 Å². The van der Waals surface area contributed by atoms with Crippen LogP contribution in [0.2, 0.25) is 0 Å². The zero-order valence-electron chi connectivity index (χ0n) is 11.9. The standard InChI is InChI=1S/C12H14N4O6S/c13-23(20,21)9-3-1-8(2-4-9)5-6-14-12(18)11-10(7-17)15-22-16(11)19/h1-4,17H,5-7H2,(H3-,13,14,15,18,19,20,21)/p+1. The number of aromatic amines is 1. The van der Waals surface area contributed by atoms with E-state index in [1.807, 2.05) is 0 Å². The molecule has 1 aromatic carbocycles. The SMILES string of the molecule is NS(=O)(=O)c1ccc(CCNC(=O)c2c(CO)[nH]o[n+]2=O)cc1. The van der Waals surface area contributed by atoms with E-state index >= 15 is 0 Å². The van der Waals surface area contributed by atoms with E-state index in [1.165, 1.54) is 12.1 Å². The number of primary sulfonamides is 1. The van der Waals surface area contributed by atoms with Crippen molar-refractivity contribution >= 4 is 15.9 Å². The molecule has 0 saturated heterocycles. The van der Waals surface area contributed by atoms with Gasteiger partial charge in [-0.3, -0.25) is 4.79 Å². The van der Waals surface area contributed by atoms with E-state index in [0.29, 0.717) is 6.42 Å². The minimum absolute atomic E-state index is 0.000737. The number of carbonyl (C=O) groups excluding carboxylic acids is 1. The van der Waals surface area contributed by atoms with Crippen LogP contribution in [0.5, 0.6) is 0 Å². The largest absolute Gasteiger partial charge is 0.388 e. The fraction of sp³-hybridized carbons (Fsp3) is 0.250. The Hall–Kier alpha value is -2.50. The van der Waals surface area contributed by atoms with E-state index in [-0.39, 0.29) is 27.4 Å². The quantitative estimate of drug-likeness (QED) is 0.506. The lowest BCUT2D eigenvalue weighted by Crippen LogP contribution is -2.33. The number of hydrogen-bond donors (Lipinski definition) is 4. The van der Waals surface area contributed by atoms with E-state index in [1.54, 1.807) is 12.1 Å². The smallest absolute Gasteiger partial charge is 0.334 e. The fourth-order valence-corrected chi connectivity index (χ4v) is 2.39. The minimum Gasteiger partial charge on any atom is -0.388 e. The van der Waals surface area contributed by atoms with Crippen molar-refractivity contribution < 1.29 is 27.5 Å². The summed E-state index contributed by atoms with van der Waals surface area (Å²) in [5.74, 6) is -0.699. The van der Waals surface area contributed by atoms with E-state index in [9.17, 15) is 18.1 Å². The first-order valence-corrected chi connectivity index (χ1v) is 8.01. The molecule has 0 fully saturated rings. The molecule has 0 aliphatic rings. The van der Waals surface area contributed by atoms with E-state index in [0.717, 1.165) is 5.56 Å². The molecule has 0 aliphatic carbocycles. The molecule has 1 heterocycles. The number of aromatic nitrogens is 2. The molecule has 2 rings (SSSR count). The molecule has 0 unspecified atom stereocenters. The summed E-state index contributed by atoms with van der Waals surface area (Å²) in [4.78, 5) is 23.1. The van der Waals surface area contributed by atoms with Gasteiger partial charge >= 0.3 is 11.6 Å². The van der Waals surface area contributed by atoms with Gasteiger partial charge in [-0.15, -0.1) is 0 Å². The second kappa shape index (κ2) is 6.73. The highest BCUT2D eigenvalue weighted by Crippen LogP contribution is 2.09. The normalized spacial score (nSPS) is 11.4. The summed E-state index contributed by atoms with van der Waals surface area (Å²) in [7, 11) is -3.74. The number of sulfonamides is 1. The van der Waals surface area contributed by atoms with Crippen LogP contribution in [0.15, 0.2) is 33.8 Å². The molecular weight excluding hydrogens is 328 g/mol. The molecule has 0 bridgehead atoms. The number of rotatable bonds is 6. The molecule has 0 aliphatic heterocycles. The van der Waals surface area contributed by atoms with Crippen molar-refractivity contribution in [2.45, 2.75) is 17.9 Å². The molecule has 124 valence electrons. The Morgan fingerprint density at radius 1 is 1.35 bits per heavy atom. The number of benzene rings is 1. The number of carbonyl (C=O) groups is 1. The summed E-state index contributed by atoms with van der Waals surface area (Å²) < 4.78 is 26.6. The molecule has 5 N–H and O–H groups in total. The zero-order chi connectivity index (χ0) is 17.0. The number of nitrogens with two attached hydrogens (primary N) is 1. The summed E-state index contributed by atoms with van der Waals surface area (Å²) in [5, 5.41) is 18.6. The maximum Gasteiger partial charge on any atom is 0.334 e. The molecule has 0 atom stereocenters. The molecule has 0 saturated carbocycles. The first kappa shape index (κ1) is 16.9. The number of hydrogen-bond acceptors (Lipinski definition) is 6. The van der Waals surface area contributed by atoms with Crippen LogP contribution in [0.1, 0.15) is 21.7 Å². The summed E-state index contributed by atoms with van der Waals surface area (Å²) in [6.07, 6.45) is 0.408. The molecule has 2 aromatic rings. The predicted molar refractivity (Wildman–Crippen MR) is 76.2 cm³/mol. The van der Waals surface area contributed by atoms with Gasteiger partial charge in [0.1, 0.15) is 6.61 Å². The minimum atomic E-state index is -3.74. The van der Waals surface area contributed by atoms with Crippen LogP contribution >= 0.6 is 0 Å². The average molecular weight is 343 g/mol. The highest BCUT2D eigenvalue weighted by Gasteiger charge is 2.26. The first-order valence-electron chi connectivity index (χ1n) is 6.47. The number of nitrogens with one attached hydrogen (secondary N) is 2. The number of amides is 1. The molecule has 23 heavy (non-hydrogen) atoms. The molecule has 0 spiro atoms. The number of H-pyrrole nitrogens is 1. The number of aliphatic hydroxyl groups excluding tert-OH is 1. The van der Waals surface area contributed by atoms with Crippen LogP contribution in [0.25, 0.3) is 0 Å². The van der Waals surface area contributed by atoms with Gasteiger partial charge in [0.2, 0.25) is 15.7 Å². The van der Waals surface area contributed by atoms with Gasteiger partial charge in [0, 0.05) is 6.54 Å². The van der Waals surface area contributed by atoms with Gasteiger partial charge in [-0.05, 0) is 29.0 Å². The number of nitrogens with zero attached hydrogens (tertiary/aromatic N) is 1. The zero-order valence-corrected chi connectivity index (χ0v) is 12.7. The summed E-state index contributed by atoms with van der Waals surface area (Å²) in [5.41, 5.74) is 0.390. The Bertz CT molecular complexity index is 852. The summed E-state index contributed by atoms with van der Waals surface area (Å²) in [6, 6.07) is 5.88. The highest BCUT2D eigenvalue weighted by atomic mass is 32.2. The Balaban J connectivity index is 1.96. The lowest BCUT2D eigenvalue weighted by molar-refractivity contribution is -0.714. The van der Waals surface area contributed by atoms with Gasteiger partial charge in [-0.25, -0.2) is 13.6 Å². The first-order chi connectivity index (χ1) is 10.8. The van der Waals surface area contributed by atoms with Gasteiger partial charge in [0.05, 0.1) is 4.90 Å². The topological polar surface area (TPSA) is 161 Å². The van der Waals surface area contributed by atoms with Crippen molar-refractivity contribution in [2.24, 2.45) is 5.14 Å². The van der Waals surface area contributed by atoms with Crippen molar-refractivity contribution in [3.05, 3.63) is 46.1 Å². The van der Waals surface area contributed by atoms with E-state index < -0.39 is 22.5 Å². The Morgan fingerprint density at radius 3 is 2.57 bits per heavy atom. The Morgan fingerprint density at radius 2 is 2.00 bits per heavy atom. The molecule has 0 radical (unpaired) electrons. The second-order valence-electron chi connectivity index (χ2n) is 4.63. The lowest BCUT2D eigenvalue weighted by Gasteiger charge is -2.04. The third-order valence-corrected chi connectivity index (χ3v) is 3.97. The van der Waals surface area contributed by atoms with Crippen LogP contribution in [-0.4, -0.2) is 31.1 Å². The summed E-state index contributed by atoms with van der Waals surface area (Å²) in [6.45, 7) is -0.347. The maximum absolute atomic E-state index is 11.9. The molecule has 10 nitrogen and oxygen atoms in total. The Labute approximate surface area is 130 Å². The van der Waals surface area contributed by atoms with Crippen molar-refractivity contribution in [3.8, 4) is 0 Å². The molecule has 1 amide bonds. The van der Waals surface area contributed by atoms with Gasteiger partial charge in [-0.2, -0.15) is 0 Å². The van der Waals surface area contributed by atoms with Crippen LogP contribution < -0.4 is 15.1 Å². The molecular formula is C12H15N4O6S+. The molecule has 11 heteroatoms. The van der Waals surface area contributed by atoms with Gasteiger partial charge in [0.25, 0.3) is 0 Å². The fourth-order valence-electron chi connectivity index (χ4n) is 1.88. The van der Waals surface area contributed by atoms with Crippen molar-refractivity contribution in [3.63, 3.8) is 0 Å². The summed E-state index contributed by atoms with van der Waals surface area (Å²) >= 11 is 0. The second-order valence-corrected chi connectivity index (χ2v) is 6.19. The van der Waals surface area contributed by atoms with Crippen LogP contribution in [0.4, 0.5) is 0 Å². The third kappa shape index (κ3) is 4.03.